The van der Waals surface area contributed by atoms with E-state index in [-0.39, 0.29) is 11.1 Å². The first kappa shape index (κ1) is 22.0. The van der Waals surface area contributed by atoms with Gasteiger partial charge in [0.25, 0.3) is 0 Å². The van der Waals surface area contributed by atoms with Crippen LogP contribution in [0.2, 0.25) is 18.1 Å². The molecular formula is C22H33NO2SSi. The van der Waals surface area contributed by atoms with Crippen molar-refractivity contribution >= 4 is 20.1 Å². The number of rotatable bonds is 9. The quantitative estimate of drug-likeness (QED) is 0.368. The van der Waals surface area contributed by atoms with Crippen LogP contribution in [0.5, 0.6) is 5.75 Å². The summed E-state index contributed by atoms with van der Waals surface area (Å²) < 4.78 is 12.8. The zero-order valence-electron chi connectivity index (χ0n) is 17.5. The van der Waals surface area contributed by atoms with Gasteiger partial charge in [-0.15, -0.1) is 11.8 Å². The lowest BCUT2D eigenvalue weighted by Gasteiger charge is -2.39. The number of benzene rings is 1. The first-order chi connectivity index (χ1) is 12.7. The molecule has 0 N–H and O–H groups in total. The molecule has 0 saturated carbocycles. The molecule has 148 valence electrons. The smallest absolute Gasteiger partial charge is 0.192 e. The van der Waals surface area contributed by atoms with Gasteiger partial charge in [0, 0.05) is 17.3 Å². The number of nitrogens with zero attached hydrogens (tertiary/aromatic N) is 1. The number of hydrogen-bond acceptors (Lipinski definition) is 4. The van der Waals surface area contributed by atoms with Crippen molar-refractivity contribution in [2.75, 3.05) is 12.9 Å². The van der Waals surface area contributed by atoms with E-state index in [1.807, 2.05) is 30.6 Å². The van der Waals surface area contributed by atoms with E-state index in [1.165, 1.54) is 10.5 Å². The van der Waals surface area contributed by atoms with Crippen molar-refractivity contribution in [2.24, 2.45) is 0 Å². The summed E-state index contributed by atoms with van der Waals surface area (Å²) in [5.74, 6) is 0.901. The first-order valence-corrected chi connectivity index (χ1v) is 13.7. The molecule has 5 heteroatoms. The van der Waals surface area contributed by atoms with Crippen molar-refractivity contribution in [3.63, 3.8) is 0 Å². The van der Waals surface area contributed by atoms with Gasteiger partial charge in [0.1, 0.15) is 12.4 Å². The standard InChI is InChI=1S/C22H33NO2SSi/c1-22(2,3)27(5,6)25-20(10-9-18-8-7-15-23-16-18)17-24-19-11-13-21(26-4)14-12-19/h7-8,11-16,20H,9-10,17H2,1-6H3. The Hall–Kier alpha value is -1.30. The van der Waals surface area contributed by atoms with Crippen molar-refractivity contribution < 1.29 is 9.16 Å². The summed E-state index contributed by atoms with van der Waals surface area (Å²) in [5.41, 5.74) is 1.24. The molecule has 0 radical (unpaired) electrons. The van der Waals surface area contributed by atoms with Gasteiger partial charge in [0.2, 0.25) is 0 Å². The van der Waals surface area contributed by atoms with Gasteiger partial charge in [-0.05, 0) is 73.1 Å². The van der Waals surface area contributed by atoms with E-state index in [2.05, 4.69) is 63.3 Å². The van der Waals surface area contributed by atoms with Crippen molar-refractivity contribution in [3.8, 4) is 5.75 Å². The van der Waals surface area contributed by atoms with E-state index in [0.717, 1.165) is 18.6 Å². The third-order valence-electron chi connectivity index (χ3n) is 5.24. The second kappa shape index (κ2) is 9.76. The summed E-state index contributed by atoms with van der Waals surface area (Å²) in [4.78, 5) is 5.46. The molecule has 0 amide bonds. The van der Waals surface area contributed by atoms with E-state index in [9.17, 15) is 0 Å². The fourth-order valence-electron chi connectivity index (χ4n) is 2.50. The van der Waals surface area contributed by atoms with E-state index in [4.69, 9.17) is 9.16 Å². The highest BCUT2D eigenvalue weighted by molar-refractivity contribution is 7.98. The molecule has 2 rings (SSSR count). The minimum absolute atomic E-state index is 0.0753. The van der Waals surface area contributed by atoms with Crippen LogP contribution < -0.4 is 4.74 Å². The molecular weight excluding hydrogens is 370 g/mol. The van der Waals surface area contributed by atoms with Crippen LogP contribution in [0.25, 0.3) is 0 Å². The van der Waals surface area contributed by atoms with Crippen molar-refractivity contribution in [2.45, 2.75) is 62.7 Å². The average molecular weight is 404 g/mol. The molecule has 1 aromatic heterocycles. The van der Waals surface area contributed by atoms with Crippen LogP contribution in [0.3, 0.4) is 0 Å². The van der Waals surface area contributed by atoms with Crippen LogP contribution in [0, 0.1) is 0 Å². The van der Waals surface area contributed by atoms with Gasteiger partial charge in [-0.25, -0.2) is 0 Å². The number of ether oxygens (including phenoxy) is 1. The van der Waals surface area contributed by atoms with Crippen molar-refractivity contribution in [1.29, 1.82) is 0 Å². The molecule has 1 unspecified atom stereocenters. The lowest BCUT2D eigenvalue weighted by Crippen LogP contribution is -2.45. The summed E-state index contributed by atoms with van der Waals surface area (Å²) >= 11 is 1.74. The highest BCUT2D eigenvalue weighted by Crippen LogP contribution is 2.37. The van der Waals surface area contributed by atoms with Crippen LogP contribution in [0.4, 0.5) is 0 Å². The fourth-order valence-corrected chi connectivity index (χ4v) is 4.29. The van der Waals surface area contributed by atoms with E-state index in [1.54, 1.807) is 11.8 Å². The van der Waals surface area contributed by atoms with Gasteiger partial charge < -0.3 is 9.16 Å². The molecule has 1 heterocycles. The minimum Gasteiger partial charge on any atom is -0.491 e. The van der Waals surface area contributed by atoms with Gasteiger partial charge in [-0.3, -0.25) is 4.98 Å². The summed E-state index contributed by atoms with van der Waals surface area (Å²) in [6.07, 6.45) is 7.78. The van der Waals surface area contributed by atoms with E-state index >= 15 is 0 Å². The Labute approximate surface area is 170 Å². The Morgan fingerprint density at radius 3 is 2.37 bits per heavy atom. The largest absolute Gasteiger partial charge is 0.491 e. The number of hydrogen-bond donors (Lipinski definition) is 0. The first-order valence-electron chi connectivity index (χ1n) is 9.55. The molecule has 0 bridgehead atoms. The Kier molecular flexibility index (Phi) is 7.95. The lowest BCUT2D eigenvalue weighted by atomic mass is 10.1. The van der Waals surface area contributed by atoms with Gasteiger partial charge in [-0.1, -0.05) is 26.8 Å². The Bertz CT molecular complexity index is 684. The van der Waals surface area contributed by atoms with Gasteiger partial charge in [0.05, 0.1) is 6.10 Å². The number of pyridine rings is 1. The molecule has 0 spiro atoms. The van der Waals surface area contributed by atoms with Crippen LogP contribution in [-0.2, 0) is 10.8 Å². The van der Waals surface area contributed by atoms with Gasteiger partial charge in [0.15, 0.2) is 8.32 Å². The molecule has 1 atom stereocenters. The molecule has 0 aliphatic rings. The third-order valence-corrected chi connectivity index (χ3v) is 10.5. The Morgan fingerprint density at radius 1 is 1.11 bits per heavy atom. The summed E-state index contributed by atoms with van der Waals surface area (Å²) in [5, 5.41) is 0.180. The maximum Gasteiger partial charge on any atom is 0.192 e. The van der Waals surface area contributed by atoms with Crippen LogP contribution in [0.1, 0.15) is 32.8 Å². The fraction of sp³-hybridized carbons (Fsp3) is 0.500. The van der Waals surface area contributed by atoms with Crippen LogP contribution >= 0.6 is 11.8 Å². The maximum absolute atomic E-state index is 6.68. The Balaban J connectivity index is 2.03. The lowest BCUT2D eigenvalue weighted by molar-refractivity contribution is 0.108. The number of aryl methyl sites for hydroxylation is 1. The molecule has 2 aromatic rings. The molecule has 0 aliphatic carbocycles. The minimum atomic E-state index is -1.86. The van der Waals surface area contributed by atoms with Gasteiger partial charge >= 0.3 is 0 Å². The predicted octanol–water partition coefficient (Wildman–Crippen LogP) is 6.21. The molecule has 1 aromatic carbocycles. The monoisotopic (exact) mass is 403 g/mol. The summed E-state index contributed by atoms with van der Waals surface area (Å²) in [6, 6.07) is 12.4. The second-order valence-electron chi connectivity index (χ2n) is 8.39. The predicted molar refractivity (Wildman–Crippen MR) is 118 cm³/mol. The molecule has 0 aliphatic heterocycles. The zero-order valence-corrected chi connectivity index (χ0v) is 19.3. The second-order valence-corrected chi connectivity index (χ2v) is 14.0. The number of thioether (sulfide) groups is 1. The van der Waals surface area contributed by atoms with Crippen LogP contribution in [-0.4, -0.2) is 32.3 Å². The zero-order chi connectivity index (χ0) is 19.9. The van der Waals surface area contributed by atoms with Crippen molar-refractivity contribution in [1.82, 2.24) is 4.98 Å². The van der Waals surface area contributed by atoms with E-state index in [0.29, 0.717) is 6.61 Å². The molecule has 0 fully saturated rings. The third kappa shape index (κ3) is 6.98. The Morgan fingerprint density at radius 2 is 1.81 bits per heavy atom. The summed E-state index contributed by atoms with van der Waals surface area (Å²) in [6.45, 7) is 12.0. The average Bonchev–Trinajstić information content (AvgIpc) is 2.64. The normalized spacial score (nSPS) is 13.4. The maximum atomic E-state index is 6.68. The highest BCUT2D eigenvalue weighted by Gasteiger charge is 2.39. The van der Waals surface area contributed by atoms with E-state index < -0.39 is 8.32 Å². The molecule has 3 nitrogen and oxygen atoms in total. The van der Waals surface area contributed by atoms with Crippen molar-refractivity contribution in [3.05, 3.63) is 54.4 Å². The number of aromatic nitrogens is 1. The summed E-state index contributed by atoms with van der Waals surface area (Å²) in [7, 11) is -1.86. The SMILES string of the molecule is CSc1ccc(OCC(CCc2cccnc2)O[Si](C)(C)C(C)(C)C)cc1. The molecule has 0 saturated heterocycles. The highest BCUT2D eigenvalue weighted by atomic mass is 32.2. The molecule has 27 heavy (non-hydrogen) atoms. The van der Waals surface area contributed by atoms with Crippen LogP contribution in [0.15, 0.2) is 53.7 Å². The van der Waals surface area contributed by atoms with Gasteiger partial charge in [-0.2, -0.15) is 0 Å². The topological polar surface area (TPSA) is 31.4 Å².